The molecule has 0 spiro atoms. The summed E-state index contributed by atoms with van der Waals surface area (Å²) in [6.45, 7) is 1.11. The van der Waals surface area contributed by atoms with E-state index in [9.17, 15) is 18.0 Å². The van der Waals surface area contributed by atoms with Crippen molar-refractivity contribution in [3.05, 3.63) is 16.1 Å². The van der Waals surface area contributed by atoms with Crippen LogP contribution in [0.2, 0.25) is 0 Å². The molecule has 0 aromatic carbocycles. The molecule has 23 heavy (non-hydrogen) atoms. The molecule has 0 bridgehead atoms. The van der Waals surface area contributed by atoms with Gasteiger partial charge in [-0.3, -0.25) is 0 Å². The number of hydrogen-bond donors (Lipinski definition) is 1. The van der Waals surface area contributed by atoms with Crippen molar-refractivity contribution >= 4 is 17.4 Å². The van der Waals surface area contributed by atoms with Crippen LogP contribution in [0.4, 0.5) is 18.0 Å². The molecule has 2 atom stereocenters. The van der Waals surface area contributed by atoms with Crippen molar-refractivity contribution in [2.24, 2.45) is 5.92 Å². The van der Waals surface area contributed by atoms with E-state index in [1.165, 1.54) is 19.3 Å². The summed E-state index contributed by atoms with van der Waals surface area (Å²) in [5.74, 6) is 0.628. The fraction of sp³-hybridized carbons (Fsp3) is 0.733. The second-order valence-electron chi connectivity index (χ2n) is 6.20. The van der Waals surface area contributed by atoms with Crippen LogP contribution < -0.4 is 5.32 Å². The zero-order chi connectivity index (χ0) is 16.4. The van der Waals surface area contributed by atoms with Gasteiger partial charge in [0.2, 0.25) is 0 Å². The molecule has 3 rings (SSSR count). The lowest BCUT2D eigenvalue weighted by molar-refractivity contribution is -0.140. The number of hydrogen-bond acceptors (Lipinski definition) is 3. The topological polar surface area (TPSA) is 45.2 Å². The first-order chi connectivity index (χ1) is 10.9. The Labute approximate surface area is 137 Å². The highest BCUT2D eigenvalue weighted by Crippen LogP contribution is 2.36. The Morgan fingerprint density at radius 2 is 2.13 bits per heavy atom. The number of carbonyl (C=O) groups is 1. The van der Waals surface area contributed by atoms with Crippen molar-refractivity contribution in [1.82, 2.24) is 15.2 Å². The Morgan fingerprint density at radius 1 is 1.35 bits per heavy atom. The van der Waals surface area contributed by atoms with Gasteiger partial charge in [0, 0.05) is 30.9 Å². The van der Waals surface area contributed by atoms with Gasteiger partial charge in [0.15, 0.2) is 5.69 Å². The number of aromatic nitrogens is 1. The van der Waals surface area contributed by atoms with Gasteiger partial charge in [0.25, 0.3) is 0 Å². The summed E-state index contributed by atoms with van der Waals surface area (Å²) in [6.07, 6.45) is 1.69. The number of thiazole rings is 1. The molecule has 1 aromatic heterocycles. The molecule has 1 aliphatic carbocycles. The highest BCUT2D eigenvalue weighted by atomic mass is 32.1. The van der Waals surface area contributed by atoms with E-state index >= 15 is 0 Å². The smallest absolute Gasteiger partial charge is 0.338 e. The fourth-order valence-electron chi connectivity index (χ4n) is 3.59. The summed E-state index contributed by atoms with van der Waals surface area (Å²) in [5, 5.41) is 4.24. The van der Waals surface area contributed by atoms with Crippen LogP contribution in [-0.2, 0) is 12.6 Å². The number of rotatable bonds is 3. The van der Waals surface area contributed by atoms with Crippen LogP contribution in [0, 0.1) is 5.92 Å². The first-order valence-corrected chi connectivity index (χ1v) is 8.89. The number of urea groups is 1. The molecule has 2 aliphatic rings. The third kappa shape index (κ3) is 3.79. The molecule has 2 amide bonds. The lowest BCUT2D eigenvalue weighted by Gasteiger charge is -2.31. The molecule has 1 N–H and O–H groups in total. The highest BCUT2D eigenvalue weighted by molar-refractivity contribution is 7.09. The summed E-state index contributed by atoms with van der Waals surface area (Å²) in [5.41, 5.74) is -0.853. The van der Waals surface area contributed by atoms with Crippen LogP contribution >= 0.6 is 11.3 Å². The average molecular weight is 347 g/mol. The summed E-state index contributed by atoms with van der Waals surface area (Å²) in [6, 6.07) is 0.257. The molecule has 1 saturated heterocycles. The monoisotopic (exact) mass is 347 g/mol. The van der Waals surface area contributed by atoms with Gasteiger partial charge in [-0.2, -0.15) is 13.2 Å². The van der Waals surface area contributed by atoms with Gasteiger partial charge >= 0.3 is 12.2 Å². The quantitative estimate of drug-likeness (QED) is 0.907. The number of amides is 2. The maximum Gasteiger partial charge on any atom is 0.434 e. The van der Waals surface area contributed by atoms with Gasteiger partial charge in [-0.25, -0.2) is 9.78 Å². The van der Waals surface area contributed by atoms with E-state index in [2.05, 4.69) is 10.3 Å². The van der Waals surface area contributed by atoms with E-state index in [1.54, 1.807) is 0 Å². The normalized spacial score (nSPS) is 24.6. The SMILES string of the molecule is O=C(NCCc1nc(C(F)(F)F)cs1)N1CC[C@H]2CCCC[C@H]21. The van der Waals surface area contributed by atoms with E-state index < -0.39 is 11.9 Å². The van der Waals surface area contributed by atoms with Crippen molar-refractivity contribution in [1.29, 1.82) is 0 Å². The van der Waals surface area contributed by atoms with E-state index in [4.69, 9.17) is 0 Å². The van der Waals surface area contributed by atoms with Crippen LogP contribution in [0.25, 0.3) is 0 Å². The van der Waals surface area contributed by atoms with Gasteiger partial charge < -0.3 is 10.2 Å². The number of halogens is 3. The molecular weight excluding hydrogens is 327 g/mol. The van der Waals surface area contributed by atoms with Gasteiger partial charge in [0.05, 0.1) is 5.01 Å². The van der Waals surface area contributed by atoms with Crippen molar-refractivity contribution in [2.75, 3.05) is 13.1 Å². The second kappa shape index (κ2) is 6.67. The van der Waals surface area contributed by atoms with Crippen molar-refractivity contribution in [2.45, 2.75) is 50.7 Å². The Hall–Kier alpha value is -1.31. The van der Waals surface area contributed by atoms with E-state index in [1.807, 2.05) is 4.90 Å². The molecule has 8 heteroatoms. The average Bonchev–Trinajstić information content (AvgIpc) is 3.13. The number of fused-ring (bicyclic) bond motifs is 1. The molecule has 2 fully saturated rings. The fourth-order valence-corrected chi connectivity index (χ4v) is 4.40. The minimum atomic E-state index is -4.40. The Kier molecular flexibility index (Phi) is 4.79. The molecule has 2 heterocycles. The van der Waals surface area contributed by atoms with Gasteiger partial charge in [-0.1, -0.05) is 12.8 Å². The molecule has 0 radical (unpaired) electrons. The summed E-state index contributed by atoms with van der Waals surface area (Å²) >= 11 is 0.983. The minimum absolute atomic E-state index is 0.0907. The number of likely N-dealkylation sites (tertiary alicyclic amines) is 1. The third-order valence-corrected chi connectivity index (χ3v) is 5.64. The molecule has 128 valence electrons. The van der Waals surface area contributed by atoms with E-state index in [0.717, 1.165) is 36.1 Å². The van der Waals surface area contributed by atoms with Crippen LogP contribution in [0.5, 0.6) is 0 Å². The van der Waals surface area contributed by atoms with Gasteiger partial charge in [-0.15, -0.1) is 11.3 Å². The van der Waals surface area contributed by atoms with Crippen molar-refractivity contribution < 1.29 is 18.0 Å². The second-order valence-corrected chi connectivity index (χ2v) is 7.14. The largest absolute Gasteiger partial charge is 0.434 e. The predicted molar refractivity (Wildman–Crippen MR) is 81.3 cm³/mol. The number of nitrogens with one attached hydrogen (secondary N) is 1. The number of carbonyl (C=O) groups excluding carboxylic acids is 1. The molecule has 1 aliphatic heterocycles. The molecule has 0 unspecified atom stereocenters. The summed E-state index contributed by atoms with van der Waals surface area (Å²) < 4.78 is 37.4. The first-order valence-electron chi connectivity index (χ1n) is 8.01. The number of nitrogens with zero attached hydrogens (tertiary/aromatic N) is 2. The maximum atomic E-state index is 12.5. The van der Waals surface area contributed by atoms with Crippen LogP contribution in [0.1, 0.15) is 42.8 Å². The molecule has 1 aromatic rings. The lowest BCUT2D eigenvalue weighted by atomic mass is 9.85. The Bertz CT molecular complexity index is 560. The van der Waals surface area contributed by atoms with Gasteiger partial charge in [-0.05, 0) is 25.2 Å². The standard InChI is InChI=1S/C15H20F3N3OS/c16-15(17,18)12-9-23-13(20-12)5-7-19-14(22)21-8-6-10-3-1-2-4-11(10)21/h9-11H,1-8H2,(H,19,22)/t10-,11-/m1/s1. The van der Waals surface area contributed by atoms with Gasteiger partial charge in [0.1, 0.15) is 0 Å². The van der Waals surface area contributed by atoms with Crippen molar-refractivity contribution in [3.63, 3.8) is 0 Å². The highest BCUT2D eigenvalue weighted by Gasteiger charge is 2.38. The lowest BCUT2D eigenvalue weighted by Crippen LogP contribution is -2.45. The zero-order valence-electron chi connectivity index (χ0n) is 12.7. The zero-order valence-corrected chi connectivity index (χ0v) is 13.6. The third-order valence-electron chi connectivity index (χ3n) is 4.73. The Balaban J connectivity index is 1.47. The van der Waals surface area contributed by atoms with Crippen molar-refractivity contribution in [3.8, 4) is 0 Å². The van der Waals surface area contributed by atoms with Crippen LogP contribution in [-0.4, -0.2) is 35.0 Å². The predicted octanol–water partition coefficient (Wildman–Crippen LogP) is 3.68. The summed E-state index contributed by atoms with van der Waals surface area (Å²) in [4.78, 5) is 17.8. The molecule has 1 saturated carbocycles. The first kappa shape index (κ1) is 16.5. The van der Waals surface area contributed by atoms with Crippen LogP contribution in [0.3, 0.4) is 0 Å². The summed E-state index contributed by atoms with van der Waals surface area (Å²) in [7, 11) is 0. The van der Waals surface area contributed by atoms with E-state index in [-0.39, 0.29) is 6.03 Å². The number of alkyl halides is 3. The Morgan fingerprint density at radius 3 is 2.87 bits per heavy atom. The van der Waals surface area contributed by atoms with E-state index in [0.29, 0.717) is 29.9 Å². The molecule has 4 nitrogen and oxygen atoms in total. The maximum absolute atomic E-state index is 12.5. The van der Waals surface area contributed by atoms with Crippen LogP contribution in [0.15, 0.2) is 5.38 Å². The molecular formula is C15H20F3N3OS. The minimum Gasteiger partial charge on any atom is -0.338 e.